The molecule has 0 radical (unpaired) electrons. The maximum absolute atomic E-state index is 6.48. The first-order chi connectivity index (χ1) is 23.5. The van der Waals surface area contributed by atoms with E-state index in [1.54, 1.807) is 0 Å². The molecule has 6 aromatic rings. The lowest BCUT2D eigenvalue weighted by molar-refractivity contribution is 0.483. The third-order valence-electron chi connectivity index (χ3n) is 9.48. The Balaban J connectivity index is 1.21. The third kappa shape index (κ3) is 7.19. The van der Waals surface area contributed by atoms with Gasteiger partial charge in [0.05, 0.1) is 0 Å². The van der Waals surface area contributed by atoms with E-state index in [-0.39, 0.29) is 5.41 Å². The van der Waals surface area contributed by atoms with Gasteiger partial charge in [-0.05, 0) is 121 Å². The van der Waals surface area contributed by atoms with Crippen molar-refractivity contribution in [1.29, 1.82) is 0 Å². The summed E-state index contributed by atoms with van der Waals surface area (Å²) in [5.41, 5.74) is 25.3. The highest BCUT2D eigenvalue weighted by atomic mass is 16.5. The Morgan fingerprint density at radius 3 is 1.22 bits per heavy atom. The Kier molecular flexibility index (Phi) is 9.51. The fraction of sp³-hybridized carbons (Fsp3) is 0.200. The Morgan fingerprint density at radius 1 is 0.469 bits per heavy atom. The normalized spacial score (nSPS) is 11.4. The summed E-state index contributed by atoms with van der Waals surface area (Å²) >= 11 is 0. The smallest absolute Gasteiger partial charge is 0.135 e. The summed E-state index contributed by atoms with van der Waals surface area (Å²) < 4.78 is 13.0. The fourth-order valence-electron chi connectivity index (χ4n) is 6.55. The van der Waals surface area contributed by atoms with Gasteiger partial charge in [0.1, 0.15) is 23.0 Å². The van der Waals surface area contributed by atoms with E-state index >= 15 is 0 Å². The molecular weight excluding hydrogens is 601 g/mol. The van der Waals surface area contributed by atoms with Gasteiger partial charge in [0, 0.05) is 27.9 Å². The molecule has 4 nitrogen and oxygen atoms in total. The maximum Gasteiger partial charge on any atom is 0.135 e. The lowest BCUT2D eigenvalue weighted by Crippen LogP contribution is -2.18. The molecule has 6 aromatic carbocycles. The Labute approximate surface area is 291 Å². The van der Waals surface area contributed by atoms with Crippen molar-refractivity contribution < 1.29 is 9.47 Å². The number of rotatable bonds is 10. The van der Waals surface area contributed by atoms with Crippen LogP contribution >= 0.6 is 0 Å². The Bertz CT molecular complexity index is 1940. The minimum atomic E-state index is -0.244. The monoisotopic (exact) mass is 646 g/mol. The van der Waals surface area contributed by atoms with Gasteiger partial charge in [-0.3, -0.25) is 0 Å². The lowest BCUT2D eigenvalue weighted by Gasteiger charge is -2.26. The molecule has 0 aromatic heterocycles. The van der Waals surface area contributed by atoms with Crippen LogP contribution in [-0.2, 0) is 18.3 Å². The van der Waals surface area contributed by atoms with Crippen molar-refractivity contribution in [1.82, 2.24) is 0 Å². The topological polar surface area (TPSA) is 70.5 Å². The van der Waals surface area contributed by atoms with Gasteiger partial charge in [0.2, 0.25) is 0 Å². The van der Waals surface area contributed by atoms with Crippen LogP contribution in [0.25, 0.3) is 22.3 Å². The molecule has 6 rings (SSSR count). The van der Waals surface area contributed by atoms with Gasteiger partial charge in [-0.25, -0.2) is 0 Å². The second-order valence-electron chi connectivity index (χ2n) is 13.4. The van der Waals surface area contributed by atoms with Crippen LogP contribution in [0, 0.1) is 13.8 Å². The molecule has 0 aliphatic rings. The SMILES string of the molecule is CCc1cc(C)ccc1-c1cc(N)ccc1Oc1ccc(C(C)(C)c2ccc(Oc3ccc(N)cc3-c3ccc(C)cc3CC)cc2)cc1. The number of aryl methyl sites for hydroxylation is 4. The predicted molar refractivity (Wildman–Crippen MR) is 206 cm³/mol. The summed E-state index contributed by atoms with van der Waals surface area (Å²) in [4.78, 5) is 0. The van der Waals surface area contributed by atoms with Crippen molar-refractivity contribution in [2.24, 2.45) is 0 Å². The van der Waals surface area contributed by atoms with Crippen LogP contribution in [0.2, 0.25) is 0 Å². The van der Waals surface area contributed by atoms with Crippen LogP contribution in [0.15, 0.2) is 121 Å². The number of nitrogens with two attached hydrogens (primary N) is 2. The summed E-state index contributed by atoms with van der Waals surface area (Å²) in [6.07, 6.45) is 1.86. The number of nitrogen functional groups attached to an aromatic ring is 2. The zero-order valence-electron chi connectivity index (χ0n) is 29.4. The van der Waals surface area contributed by atoms with E-state index in [1.807, 2.05) is 60.7 Å². The molecule has 0 spiro atoms. The molecule has 0 atom stereocenters. The quantitative estimate of drug-likeness (QED) is 0.145. The van der Waals surface area contributed by atoms with E-state index < -0.39 is 0 Å². The van der Waals surface area contributed by atoms with E-state index in [0.717, 1.165) is 58.1 Å². The highest BCUT2D eigenvalue weighted by Crippen LogP contribution is 2.40. The molecule has 0 aliphatic carbocycles. The molecule has 0 unspecified atom stereocenters. The fourth-order valence-corrected chi connectivity index (χ4v) is 6.55. The van der Waals surface area contributed by atoms with Crippen molar-refractivity contribution in [2.45, 2.75) is 59.8 Å². The Hall–Kier alpha value is -5.48. The van der Waals surface area contributed by atoms with E-state index in [2.05, 4.69) is 102 Å². The zero-order chi connectivity index (χ0) is 34.7. The molecule has 0 aliphatic heterocycles. The summed E-state index contributed by atoms with van der Waals surface area (Å²) in [6.45, 7) is 13.1. The molecule has 248 valence electrons. The number of hydrogen-bond donors (Lipinski definition) is 2. The maximum atomic E-state index is 6.48. The average Bonchev–Trinajstić information content (AvgIpc) is 3.10. The van der Waals surface area contributed by atoms with Crippen LogP contribution < -0.4 is 20.9 Å². The van der Waals surface area contributed by atoms with Gasteiger partial charge in [-0.1, -0.05) is 99.5 Å². The molecule has 0 amide bonds. The number of benzene rings is 6. The van der Waals surface area contributed by atoms with Crippen LogP contribution in [-0.4, -0.2) is 0 Å². The minimum absolute atomic E-state index is 0.244. The van der Waals surface area contributed by atoms with Crippen LogP contribution in [0.5, 0.6) is 23.0 Å². The second kappa shape index (κ2) is 13.9. The number of anilines is 2. The molecule has 4 heteroatoms. The first kappa shape index (κ1) is 33.4. The van der Waals surface area contributed by atoms with Crippen molar-refractivity contribution in [2.75, 3.05) is 11.5 Å². The van der Waals surface area contributed by atoms with Gasteiger partial charge in [-0.2, -0.15) is 0 Å². The van der Waals surface area contributed by atoms with Gasteiger partial charge >= 0.3 is 0 Å². The van der Waals surface area contributed by atoms with Crippen molar-refractivity contribution >= 4 is 11.4 Å². The predicted octanol–water partition coefficient (Wildman–Crippen LogP) is 11.8. The first-order valence-corrected chi connectivity index (χ1v) is 17.1. The van der Waals surface area contributed by atoms with Gasteiger partial charge in [0.25, 0.3) is 0 Å². The zero-order valence-corrected chi connectivity index (χ0v) is 29.4. The van der Waals surface area contributed by atoms with Crippen LogP contribution in [0.1, 0.15) is 61.1 Å². The molecular formula is C45H46N2O2. The van der Waals surface area contributed by atoms with E-state index in [9.17, 15) is 0 Å². The van der Waals surface area contributed by atoms with Crippen molar-refractivity contribution in [3.05, 3.63) is 155 Å². The van der Waals surface area contributed by atoms with E-state index in [1.165, 1.54) is 33.4 Å². The lowest BCUT2D eigenvalue weighted by atomic mass is 9.78. The van der Waals surface area contributed by atoms with Gasteiger partial charge in [0.15, 0.2) is 0 Å². The van der Waals surface area contributed by atoms with Crippen molar-refractivity contribution in [3.63, 3.8) is 0 Å². The first-order valence-electron chi connectivity index (χ1n) is 17.1. The average molecular weight is 647 g/mol. The molecule has 0 bridgehead atoms. The largest absolute Gasteiger partial charge is 0.457 e. The van der Waals surface area contributed by atoms with Crippen molar-refractivity contribution in [3.8, 4) is 45.3 Å². The highest BCUT2D eigenvalue weighted by Gasteiger charge is 2.24. The van der Waals surface area contributed by atoms with E-state index in [4.69, 9.17) is 20.9 Å². The Morgan fingerprint density at radius 2 is 0.857 bits per heavy atom. The second-order valence-corrected chi connectivity index (χ2v) is 13.4. The molecule has 0 saturated carbocycles. The molecule has 0 heterocycles. The number of ether oxygens (including phenoxy) is 2. The molecule has 49 heavy (non-hydrogen) atoms. The molecule has 0 saturated heterocycles. The van der Waals surface area contributed by atoms with E-state index in [0.29, 0.717) is 11.4 Å². The minimum Gasteiger partial charge on any atom is -0.457 e. The van der Waals surface area contributed by atoms with Crippen LogP contribution in [0.3, 0.4) is 0 Å². The summed E-state index contributed by atoms with van der Waals surface area (Å²) in [6, 6.07) is 41.6. The molecule has 0 fully saturated rings. The summed E-state index contributed by atoms with van der Waals surface area (Å²) in [5.74, 6) is 3.12. The summed E-state index contributed by atoms with van der Waals surface area (Å²) in [5, 5.41) is 0. The van der Waals surface area contributed by atoms with Crippen LogP contribution in [0.4, 0.5) is 11.4 Å². The van der Waals surface area contributed by atoms with Gasteiger partial charge in [-0.15, -0.1) is 0 Å². The van der Waals surface area contributed by atoms with Gasteiger partial charge < -0.3 is 20.9 Å². The third-order valence-corrected chi connectivity index (χ3v) is 9.48. The summed E-state index contributed by atoms with van der Waals surface area (Å²) in [7, 11) is 0. The standard InChI is InChI=1S/C45H46N2O2/c1-7-31-25-29(3)9-21-39(31)41-27-35(46)15-23-43(41)48-37-17-11-33(12-18-37)45(5,6)34-13-19-38(20-14-34)49-44-24-16-36(47)28-42(44)40-22-10-30(4)26-32(40)8-2/h9-28H,7-8,46-47H2,1-6H3. The highest BCUT2D eigenvalue weighted by molar-refractivity contribution is 5.78. The molecule has 4 N–H and O–H groups in total. The number of hydrogen-bond acceptors (Lipinski definition) is 4.